The third-order valence-electron chi connectivity index (χ3n) is 3.44. The van der Waals surface area contributed by atoms with Gasteiger partial charge in [-0.2, -0.15) is 5.10 Å². The van der Waals surface area contributed by atoms with E-state index in [1.54, 1.807) is 6.07 Å². The molecule has 0 bridgehead atoms. The molecular weight excluding hydrogens is 384 g/mol. The van der Waals surface area contributed by atoms with E-state index in [1.807, 2.05) is 17.5 Å². The number of aromatic nitrogens is 2. The minimum Gasteiger partial charge on any atom is -0.268 e. The highest BCUT2D eigenvalue weighted by Crippen LogP contribution is 2.21. The molecule has 0 unspecified atom stereocenters. The van der Waals surface area contributed by atoms with Crippen molar-refractivity contribution >= 4 is 21.4 Å². The average molecular weight is 397 g/mol. The van der Waals surface area contributed by atoms with Gasteiger partial charge in [0, 0.05) is 12.6 Å². The minimum absolute atomic E-state index is 0.0613. The fourth-order valence-electron chi connectivity index (χ4n) is 2.21. The van der Waals surface area contributed by atoms with Crippen LogP contribution in [-0.4, -0.2) is 24.7 Å². The van der Waals surface area contributed by atoms with Crippen LogP contribution in [0.15, 0.2) is 57.5 Å². The molecule has 0 aliphatic rings. The van der Waals surface area contributed by atoms with Crippen LogP contribution in [0.25, 0.3) is 10.6 Å². The van der Waals surface area contributed by atoms with E-state index in [2.05, 4.69) is 9.82 Å². The predicted molar refractivity (Wildman–Crippen MR) is 93.4 cm³/mol. The maximum Gasteiger partial charge on any atom is 0.266 e. The van der Waals surface area contributed by atoms with Crippen LogP contribution in [0.1, 0.15) is 0 Å². The van der Waals surface area contributed by atoms with Crippen LogP contribution in [0.3, 0.4) is 0 Å². The molecule has 0 aliphatic carbocycles. The van der Waals surface area contributed by atoms with Crippen LogP contribution >= 0.6 is 11.3 Å². The number of sulfonamides is 1. The molecule has 0 fully saturated rings. The van der Waals surface area contributed by atoms with Crippen LogP contribution in [0, 0.1) is 11.6 Å². The third kappa shape index (κ3) is 4.03. The number of hydrogen-bond donors (Lipinski definition) is 1. The summed E-state index contributed by atoms with van der Waals surface area (Å²) in [5.74, 6) is -1.93. The highest BCUT2D eigenvalue weighted by molar-refractivity contribution is 7.89. The summed E-state index contributed by atoms with van der Waals surface area (Å²) in [6, 6.07) is 8.77. The molecule has 2 heterocycles. The van der Waals surface area contributed by atoms with E-state index in [4.69, 9.17) is 0 Å². The zero-order chi connectivity index (χ0) is 18.7. The molecule has 136 valence electrons. The maximum atomic E-state index is 13.6. The van der Waals surface area contributed by atoms with Crippen LogP contribution in [0.4, 0.5) is 8.78 Å². The summed E-state index contributed by atoms with van der Waals surface area (Å²) in [4.78, 5) is 12.0. The van der Waals surface area contributed by atoms with Crippen LogP contribution in [-0.2, 0) is 16.6 Å². The zero-order valence-corrected chi connectivity index (χ0v) is 14.9. The summed E-state index contributed by atoms with van der Waals surface area (Å²) in [5.41, 5.74) is 0.181. The summed E-state index contributed by atoms with van der Waals surface area (Å²) in [6.07, 6.45) is 0. The number of halogens is 2. The van der Waals surface area contributed by atoms with E-state index in [9.17, 15) is 22.0 Å². The van der Waals surface area contributed by atoms with E-state index in [0.717, 1.165) is 21.7 Å². The van der Waals surface area contributed by atoms with E-state index < -0.39 is 32.1 Å². The first-order valence-electron chi connectivity index (χ1n) is 7.43. The lowest BCUT2D eigenvalue weighted by Gasteiger charge is -2.09. The largest absolute Gasteiger partial charge is 0.268 e. The third-order valence-corrected chi connectivity index (χ3v) is 5.81. The van der Waals surface area contributed by atoms with Gasteiger partial charge in [-0.25, -0.2) is 26.6 Å². The Kier molecular flexibility index (Phi) is 5.25. The van der Waals surface area contributed by atoms with Gasteiger partial charge in [-0.1, -0.05) is 6.07 Å². The van der Waals surface area contributed by atoms with E-state index in [-0.39, 0.29) is 13.1 Å². The lowest BCUT2D eigenvalue weighted by atomic mass is 10.3. The first-order chi connectivity index (χ1) is 12.4. The minimum atomic E-state index is -4.26. The molecule has 0 spiro atoms. The van der Waals surface area contributed by atoms with Gasteiger partial charge in [0.05, 0.1) is 11.4 Å². The van der Waals surface area contributed by atoms with Crippen molar-refractivity contribution in [1.82, 2.24) is 14.5 Å². The summed E-state index contributed by atoms with van der Waals surface area (Å²) < 4.78 is 54.3. The van der Waals surface area contributed by atoms with Crippen LogP contribution < -0.4 is 10.3 Å². The number of nitrogens with one attached hydrogen (secondary N) is 1. The Morgan fingerprint density at radius 1 is 1.15 bits per heavy atom. The molecule has 1 aromatic carbocycles. The number of benzene rings is 1. The summed E-state index contributed by atoms with van der Waals surface area (Å²) in [6.45, 7) is -0.271. The number of rotatable bonds is 6. The zero-order valence-electron chi connectivity index (χ0n) is 13.2. The molecule has 0 saturated heterocycles. The average Bonchev–Trinajstić information content (AvgIpc) is 3.13. The lowest BCUT2D eigenvalue weighted by Crippen LogP contribution is -2.32. The molecule has 1 N–H and O–H groups in total. The molecule has 0 saturated carbocycles. The van der Waals surface area contributed by atoms with Gasteiger partial charge in [0.15, 0.2) is 0 Å². The number of hydrogen-bond acceptors (Lipinski definition) is 5. The smallest absolute Gasteiger partial charge is 0.266 e. The van der Waals surface area contributed by atoms with Gasteiger partial charge < -0.3 is 0 Å². The lowest BCUT2D eigenvalue weighted by molar-refractivity contribution is 0.532. The van der Waals surface area contributed by atoms with Gasteiger partial charge in [-0.3, -0.25) is 4.79 Å². The number of thiophene rings is 1. The van der Waals surface area contributed by atoms with Crippen molar-refractivity contribution in [2.45, 2.75) is 11.4 Å². The summed E-state index contributed by atoms with van der Waals surface area (Å²) in [5, 5.41) is 6.05. The Morgan fingerprint density at radius 2 is 1.96 bits per heavy atom. The van der Waals surface area contributed by atoms with Crippen LogP contribution in [0.5, 0.6) is 0 Å². The molecule has 3 aromatic rings. The van der Waals surface area contributed by atoms with Crippen molar-refractivity contribution in [1.29, 1.82) is 0 Å². The Hall–Kier alpha value is -2.43. The predicted octanol–water partition coefficient (Wildman–Crippen LogP) is 2.23. The normalized spacial score (nSPS) is 11.6. The van der Waals surface area contributed by atoms with Crippen molar-refractivity contribution in [3.63, 3.8) is 0 Å². The first-order valence-corrected chi connectivity index (χ1v) is 9.80. The Labute approximate surface area is 151 Å². The second-order valence-electron chi connectivity index (χ2n) is 5.23. The van der Waals surface area contributed by atoms with E-state index in [1.165, 1.54) is 17.4 Å². The van der Waals surface area contributed by atoms with Gasteiger partial charge in [-0.05, 0) is 35.7 Å². The topological polar surface area (TPSA) is 81.1 Å². The molecular formula is C16H13F2N3O3S2. The maximum absolute atomic E-state index is 13.6. The molecule has 0 atom stereocenters. The monoisotopic (exact) mass is 397 g/mol. The van der Waals surface area contributed by atoms with Crippen molar-refractivity contribution in [3.8, 4) is 10.6 Å². The van der Waals surface area contributed by atoms with E-state index >= 15 is 0 Å². The summed E-state index contributed by atoms with van der Waals surface area (Å²) >= 11 is 1.45. The van der Waals surface area contributed by atoms with Crippen molar-refractivity contribution < 1.29 is 17.2 Å². The van der Waals surface area contributed by atoms with Crippen molar-refractivity contribution in [2.24, 2.45) is 0 Å². The number of nitrogens with zero attached hydrogens (tertiary/aromatic N) is 2. The van der Waals surface area contributed by atoms with E-state index in [0.29, 0.717) is 11.8 Å². The van der Waals surface area contributed by atoms with Gasteiger partial charge in [0.25, 0.3) is 5.56 Å². The molecule has 26 heavy (non-hydrogen) atoms. The van der Waals surface area contributed by atoms with Crippen LogP contribution in [0.2, 0.25) is 0 Å². The fourth-order valence-corrected chi connectivity index (χ4v) is 4.01. The molecule has 2 aromatic heterocycles. The van der Waals surface area contributed by atoms with Gasteiger partial charge in [0.1, 0.15) is 22.2 Å². The molecule has 0 amide bonds. The van der Waals surface area contributed by atoms with Gasteiger partial charge >= 0.3 is 0 Å². The molecule has 3 rings (SSSR count). The standard InChI is InChI=1S/C16H13F2N3O3S2/c17-11-3-4-12(18)15(10-11)26(23,24)19-7-8-21-16(22)6-5-13(20-21)14-2-1-9-25-14/h1-6,9-10,19H,7-8H2. The van der Waals surface area contributed by atoms with Crippen molar-refractivity contribution in [3.05, 3.63) is 69.8 Å². The summed E-state index contributed by atoms with van der Waals surface area (Å²) in [7, 11) is -4.26. The second-order valence-corrected chi connectivity index (χ2v) is 7.91. The molecule has 10 heteroatoms. The Balaban J connectivity index is 1.74. The molecule has 0 aliphatic heterocycles. The van der Waals surface area contributed by atoms with Gasteiger partial charge in [0.2, 0.25) is 10.0 Å². The highest BCUT2D eigenvalue weighted by atomic mass is 32.2. The SMILES string of the molecule is O=c1ccc(-c2cccs2)nn1CCNS(=O)(=O)c1cc(F)ccc1F. The fraction of sp³-hybridized carbons (Fsp3) is 0.125. The van der Waals surface area contributed by atoms with Gasteiger partial charge in [-0.15, -0.1) is 11.3 Å². The second kappa shape index (κ2) is 7.44. The van der Waals surface area contributed by atoms with Crippen molar-refractivity contribution in [2.75, 3.05) is 6.54 Å². The molecule has 6 nitrogen and oxygen atoms in total. The Morgan fingerprint density at radius 3 is 2.69 bits per heavy atom. The molecule has 0 radical (unpaired) electrons. The Bertz CT molecular complexity index is 1080. The first kappa shape index (κ1) is 18.4. The highest BCUT2D eigenvalue weighted by Gasteiger charge is 2.19. The quantitative estimate of drug-likeness (QED) is 0.692.